The summed E-state index contributed by atoms with van der Waals surface area (Å²) in [7, 11) is 0. The number of carbonyl (C=O) groups is 2. The van der Waals surface area contributed by atoms with Crippen LogP contribution in [0.5, 0.6) is 17.2 Å². The van der Waals surface area contributed by atoms with Gasteiger partial charge in [-0.15, -0.1) is 0 Å². The molecule has 0 fully saturated rings. The highest BCUT2D eigenvalue weighted by Crippen LogP contribution is 2.32. The summed E-state index contributed by atoms with van der Waals surface area (Å²) in [6.45, 7) is 0.518. The highest BCUT2D eigenvalue weighted by atomic mass is 35.5. The molecule has 3 amide bonds. The Balaban J connectivity index is 1.51. The van der Waals surface area contributed by atoms with Gasteiger partial charge in [-0.25, -0.2) is 4.79 Å². The van der Waals surface area contributed by atoms with Crippen molar-refractivity contribution in [2.24, 2.45) is 0 Å². The van der Waals surface area contributed by atoms with Gasteiger partial charge in [0.25, 0.3) is 5.91 Å². The summed E-state index contributed by atoms with van der Waals surface area (Å²) in [5, 5.41) is 5.41. The molecule has 0 saturated carbocycles. The molecule has 0 aromatic heterocycles. The van der Waals surface area contributed by atoms with Crippen molar-refractivity contribution in [1.29, 1.82) is 0 Å². The standard InChI is InChI=1S/C17H14Cl2N2O5/c18-10-1-3-12(19)14(7-10)26-9-16(22)21-17(23)20-11-2-4-13-15(8-11)25-6-5-24-13/h1-4,7-8H,5-6,9H2,(H2,20,21,22,23). The topological polar surface area (TPSA) is 85.9 Å². The quantitative estimate of drug-likeness (QED) is 0.825. The van der Waals surface area contributed by atoms with Crippen LogP contribution < -0.4 is 24.8 Å². The van der Waals surface area contributed by atoms with Gasteiger partial charge in [-0.3, -0.25) is 10.1 Å². The molecule has 136 valence electrons. The molecule has 9 heteroatoms. The number of imide groups is 1. The number of hydrogen-bond donors (Lipinski definition) is 2. The van der Waals surface area contributed by atoms with E-state index in [1.807, 2.05) is 0 Å². The molecule has 0 unspecified atom stereocenters. The molecule has 0 spiro atoms. The van der Waals surface area contributed by atoms with Gasteiger partial charge in [0, 0.05) is 22.8 Å². The van der Waals surface area contributed by atoms with Crippen molar-refractivity contribution in [3.63, 3.8) is 0 Å². The van der Waals surface area contributed by atoms with E-state index in [4.69, 9.17) is 37.4 Å². The van der Waals surface area contributed by atoms with Crippen LogP contribution in [-0.2, 0) is 4.79 Å². The average molecular weight is 397 g/mol. The zero-order valence-electron chi connectivity index (χ0n) is 13.4. The summed E-state index contributed by atoms with van der Waals surface area (Å²) in [4.78, 5) is 23.7. The zero-order valence-corrected chi connectivity index (χ0v) is 14.9. The van der Waals surface area contributed by atoms with Gasteiger partial charge in [0.15, 0.2) is 18.1 Å². The first-order valence-corrected chi connectivity index (χ1v) is 8.35. The van der Waals surface area contributed by atoms with Crippen LogP contribution in [0.15, 0.2) is 36.4 Å². The van der Waals surface area contributed by atoms with Gasteiger partial charge >= 0.3 is 6.03 Å². The van der Waals surface area contributed by atoms with Crippen LogP contribution in [0.25, 0.3) is 0 Å². The van der Waals surface area contributed by atoms with E-state index >= 15 is 0 Å². The highest BCUT2D eigenvalue weighted by molar-refractivity contribution is 6.34. The van der Waals surface area contributed by atoms with E-state index in [1.54, 1.807) is 30.3 Å². The number of ether oxygens (including phenoxy) is 3. The number of rotatable bonds is 4. The molecule has 2 N–H and O–H groups in total. The van der Waals surface area contributed by atoms with Gasteiger partial charge in [0.2, 0.25) is 0 Å². The smallest absolute Gasteiger partial charge is 0.325 e. The van der Waals surface area contributed by atoms with Crippen LogP contribution in [0.1, 0.15) is 0 Å². The fourth-order valence-electron chi connectivity index (χ4n) is 2.18. The first-order chi connectivity index (χ1) is 12.5. The molecule has 0 bridgehead atoms. The first-order valence-electron chi connectivity index (χ1n) is 7.59. The SMILES string of the molecule is O=C(COc1cc(Cl)ccc1Cl)NC(=O)Nc1ccc2c(c1)OCCO2. The van der Waals surface area contributed by atoms with E-state index in [1.165, 1.54) is 6.07 Å². The van der Waals surface area contributed by atoms with E-state index in [-0.39, 0.29) is 5.75 Å². The minimum Gasteiger partial charge on any atom is -0.486 e. The van der Waals surface area contributed by atoms with Gasteiger partial charge in [0.1, 0.15) is 19.0 Å². The molecule has 0 radical (unpaired) electrons. The minimum absolute atomic E-state index is 0.251. The lowest BCUT2D eigenvalue weighted by Crippen LogP contribution is -2.37. The Kier molecular flexibility index (Phi) is 5.70. The third kappa shape index (κ3) is 4.71. The van der Waals surface area contributed by atoms with Gasteiger partial charge < -0.3 is 19.5 Å². The van der Waals surface area contributed by atoms with Crippen molar-refractivity contribution in [2.45, 2.75) is 0 Å². The van der Waals surface area contributed by atoms with E-state index < -0.39 is 18.5 Å². The predicted octanol–water partition coefficient (Wildman–Crippen LogP) is 3.49. The van der Waals surface area contributed by atoms with Gasteiger partial charge in [-0.1, -0.05) is 23.2 Å². The molecule has 0 aliphatic carbocycles. The number of hydrogen-bond acceptors (Lipinski definition) is 5. The highest BCUT2D eigenvalue weighted by Gasteiger charge is 2.14. The van der Waals surface area contributed by atoms with Crippen molar-refractivity contribution in [3.05, 3.63) is 46.4 Å². The lowest BCUT2D eigenvalue weighted by Gasteiger charge is -2.19. The number of anilines is 1. The summed E-state index contributed by atoms with van der Waals surface area (Å²) >= 11 is 11.8. The second-order valence-electron chi connectivity index (χ2n) is 5.22. The van der Waals surface area contributed by atoms with Crippen LogP contribution in [0, 0.1) is 0 Å². The molecule has 3 rings (SSSR count). The Hall–Kier alpha value is -2.64. The van der Waals surface area contributed by atoms with Crippen molar-refractivity contribution < 1.29 is 23.8 Å². The molecule has 26 heavy (non-hydrogen) atoms. The number of carbonyl (C=O) groups excluding carboxylic acids is 2. The summed E-state index contributed by atoms with van der Waals surface area (Å²) in [6, 6.07) is 8.85. The summed E-state index contributed by atoms with van der Waals surface area (Å²) in [5.74, 6) is 0.738. The van der Waals surface area contributed by atoms with Crippen molar-refractivity contribution >= 4 is 40.8 Å². The first kappa shape index (κ1) is 18.2. The Morgan fingerprint density at radius 2 is 1.81 bits per heavy atom. The van der Waals surface area contributed by atoms with Gasteiger partial charge in [0.05, 0.1) is 5.02 Å². The zero-order chi connectivity index (χ0) is 18.5. The second kappa shape index (κ2) is 8.16. The molecular weight excluding hydrogens is 383 g/mol. The Morgan fingerprint density at radius 1 is 1.04 bits per heavy atom. The summed E-state index contributed by atoms with van der Waals surface area (Å²) in [6.07, 6.45) is 0. The summed E-state index contributed by atoms with van der Waals surface area (Å²) < 4.78 is 16.1. The van der Waals surface area contributed by atoms with Crippen molar-refractivity contribution in [1.82, 2.24) is 5.32 Å². The number of nitrogens with one attached hydrogen (secondary N) is 2. The third-order valence-electron chi connectivity index (χ3n) is 3.31. The number of urea groups is 1. The average Bonchev–Trinajstić information content (AvgIpc) is 2.62. The lowest BCUT2D eigenvalue weighted by atomic mass is 10.2. The molecule has 1 aliphatic rings. The minimum atomic E-state index is -0.701. The summed E-state index contributed by atoms with van der Waals surface area (Å²) in [5.41, 5.74) is 0.457. The molecule has 0 atom stereocenters. The molecule has 1 heterocycles. The van der Waals surface area contributed by atoms with Crippen molar-refractivity contribution in [3.8, 4) is 17.2 Å². The molecule has 1 aliphatic heterocycles. The normalized spacial score (nSPS) is 12.2. The fourth-order valence-corrected chi connectivity index (χ4v) is 2.51. The third-order valence-corrected chi connectivity index (χ3v) is 3.85. The largest absolute Gasteiger partial charge is 0.486 e. The monoisotopic (exact) mass is 396 g/mol. The van der Waals surface area contributed by atoms with Gasteiger partial charge in [-0.05, 0) is 24.3 Å². The molecule has 2 aromatic carbocycles. The van der Waals surface area contributed by atoms with Crippen molar-refractivity contribution in [2.75, 3.05) is 25.1 Å². The molecule has 0 saturated heterocycles. The predicted molar refractivity (Wildman–Crippen MR) is 96.6 cm³/mol. The lowest BCUT2D eigenvalue weighted by molar-refractivity contribution is -0.121. The van der Waals surface area contributed by atoms with Crippen LogP contribution >= 0.6 is 23.2 Å². The Bertz CT molecular complexity index is 844. The maximum Gasteiger partial charge on any atom is 0.325 e. The molecular formula is C17H14Cl2N2O5. The maximum atomic E-state index is 11.9. The van der Waals surface area contributed by atoms with Gasteiger partial charge in [-0.2, -0.15) is 0 Å². The number of amides is 3. The van der Waals surface area contributed by atoms with E-state index in [9.17, 15) is 9.59 Å². The van der Waals surface area contributed by atoms with E-state index in [2.05, 4.69) is 10.6 Å². The maximum absolute atomic E-state index is 11.9. The van der Waals surface area contributed by atoms with Crippen LogP contribution in [0.4, 0.5) is 10.5 Å². The van der Waals surface area contributed by atoms with E-state index in [0.29, 0.717) is 40.4 Å². The fraction of sp³-hybridized carbons (Fsp3) is 0.176. The Morgan fingerprint density at radius 3 is 2.62 bits per heavy atom. The second-order valence-corrected chi connectivity index (χ2v) is 6.07. The number of halogens is 2. The Labute approximate surface area is 159 Å². The van der Waals surface area contributed by atoms with Crippen LogP contribution in [-0.4, -0.2) is 31.8 Å². The number of fused-ring (bicyclic) bond motifs is 1. The van der Waals surface area contributed by atoms with Crippen LogP contribution in [0.3, 0.4) is 0 Å². The van der Waals surface area contributed by atoms with E-state index in [0.717, 1.165) is 0 Å². The van der Waals surface area contributed by atoms with Crippen LogP contribution in [0.2, 0.25) is 10.0 Å². The number of benzene rings is 2. The molecule has 2 aromatic rings. The molecule has 7 nitrogen and oxygen atoms in total.